The van der Waals surface area contributed by atoms with Gasteiger partial charge in [-0.25, -0.2) is 13.2 Å². The molecule has 4 nitrogen and oxygen atoms in total. The Kier molecular flexibility index (Phi) is 2.87. The number of carboxylic acids is 1. The summed E-state index contributed by atoms with van der Waals surface area (Å²) in [6.07, 6.45) is 0. The van der Waals surface area contributed by atoms with Crippen LogP contribution >= 0.6 is 10.7 Å². The van der Waals surface area contributed by atoms with Gasteiger partial charge < -0.3 is 5.11 Å². The second-order valence-corrected chi connectivity index (χ2v) is 5.26. The maximum atomic E-state index is 11.0. The summed E-state index contributed by atoms with van der Waals surface area (Å²) in [6.45, 7) is 0. The number of rotatable bonds is 2. The van der Waals surface area contributed by atoms with Crippen molar-refractivity contribution in [1.82, 2.24) is 0 Å². The van der Waals surface area contributed by atoms with E-state index in [9.17, 15) is 13.2 Å². The number of carboxylic acid groups (broad SMARTS) is 1. The van der Waals surface area contributed by atoms with E-state index in [-0.39, 0.29) is 10.5 Å². The SMILES string of the molecule is Bc1ccc(C(=O)O)cc1S(=O)(=O)Cl. The first-order valence-corrected chi connectivity index (χ1v) is 5.92. The summed E-state index contributed by atoms with van der Waals surface area (Å²) in [5, 5.41) is 8.63. The molecule has 7 heteroatoms. The second-order valence-electron chi connectivity index (χ2n) is 2.72. The molecule has 0 saturated heterocycles. The molecule has 1 rings (SSSR count). The smallest absolute Gasteiger partial charge is 0.335 e. The van der Waals surface area contributed by atoms with E-state index in [2.05, 4.69) is 0 Å². The molecule has 74 valence electrons. The van der Waals surface area contributed by atoms with Crippen molar-refractivity contribution < 1.29 is 18.3 Å². The lowest BCUT2D eigenvalue weighted by atomic mass is 9.95. The maximum Gasteiger partial charge on any atom is 0.335 e. The van der Waals surface area contributed by atoms with Crippen LogP contribution in [0.5, 0.6) is 0 Å². The maximum absolute atomic E-state index is 11.0. The van der Waals surface area contributed by atoms with E-state index >= 15 is 0 Å². The van der Waals surface area contributed by atoms with Crippen LogP contribution < -0.4 is 5.46 Å². The zero-order chi connectivity index (χ0) is 10.9. The van der Waals surface area contributed by atoms with Gasteiger partial charge in [0.25, 0.3) is 9.05 Å². The third-order valence-corrected chi connectivity index (χ3v) is 3.16. The van der Waals surface area contributed by atoms with Gasteiger partial charge in [-0.15, -0.1) is 0 Å². The molecule has 0 atom stereocenters. The van der Waals surface area contributed by atoms with E-state index in [1.165, 1.54) is 12.1 Å². The summed E-state index contributed by atoms with van der Waals surface area (Å²) in [4.78, 5) is 10.4. The molecule has 0 aliphatic heterocycles. The third-order valence-electron chi connectivity index (χ3n) is 1.70. The molecule has 0 aliphatic carbocycles. The lowest BCUT2D eigenvalue weighted by molar-refractivity contribution is 0.0696. The fourth-order valence-electron chi connectivity index (χ4n) is 0.996. The van der Waals surface area contributed by atoms with Gasteiger partial charge in [-0.3, -0.25) is 0 Å². The van der Waals surface area contributed by atoms with Crippen molar-refractivity contribution in [2.24, 2.45) is 0 Å². The predicted molar refractivity (Wildman–Crippen MR) is 54.6 cm³/mol. The fourth-order valence-corrected chi connectivity index (χ4v) is 2.21. The van der Waals surface area contributed by atoms with Crippen molar-refractivity contribution in [3.8, 4) is 0 Å². The lowest BCUT2D eigenvalue weighted by Crippen LogP contribution is -2.14. The molecule has 0 bridgehead atoms. The molecular formula is C7H6BClO4S. The van der Waals surface area contributed by atoms with Crippen molar-refractivity contribution in [2.45, 2.75) is 4.90 Å². The summed E-state index contributed by atoms with van der Waals surface area (Å²) in [5.41, 5.74) is 0.319. The van der Waals surface area contributed by atoms with Gasteiger partial charge in [-0.2, -0.15) is 0 Å². The van der Waals surface area contributed by atoms with Gasteiger partial charge in [0.2, 0.25) is 0 Å². The molecule has 1 aromatic rings. The average molecular weight is 232 g/mol. The van der Waals surface area contributed by atoms with Crippen LogP contribution in [0.1, 0.15) is 10.4 Å². The molecule has 1 aromatic carbocycles. The largest absolute Gasteiger partial charge is 0.478 e. The van der Waals surface area contributed by atoms with Gasteiger partial charge in [0, 0.05) is 10.7 Å². The minimum absolute atomic E-state index is 0.102. The zero-order valence-corrected chi connectivity index (χ0v) is 8.76. The minimum atomic E-state index is -3.88. The first-order valence-electron chi connectivity index (χ1n) is 3.61. The monoisotopic (exact) mass is 232 g/mol. The fraction of sp³-hybridized carbons (Fsp3) is 0. The molecule has 14 heavy (non-hydrogen) atoms. The van der Waals surface area contributed by atoms with Crippen LogP contribution in [-0.2, 0) is 9.05 Å². The van der Waals surface area contributed by atoms with E-state index in [0.29, 0.717) is 5.46 Å². The van der Waals surface area contributed by atoms with Crippen LogP contribution in [-0.4, -0.2) is 27.3 Å². The van der Waals surface area contributed by atoms with Gasteiger partial charge in [0.1, 0.15) is 7.85 Å². The Balaban J connectivity index is 3.44. The highest BCUT2D eigenvalue weighted by molar-refractivity contribution is 8.13. The Bertz CT molecular complexity index is 482. The normalized spacial score (nSPS) is 11.2. The average Bonchev–Trinajstić information content (AvgIpc) is 2.02. The van der Waals surface area contributed by atoms with Gasteiger partial charge in [-0.05, 0) is 12.1 Å². The quantitative estimate of drug-likeness (QED) is 0.555. The summed E-state index contributed by atoms with van der Waals surface area (Å²) in [5.74, 6) is -1.19. The Morgan fingerprint density at radius 1 is 1.43 bits per heavy atom. The molecule has 0 heterocycles. The topological polar surface area (TPSA) is 71.4 Å². The molecule has 1 N–H and O–H groups in total. The van der Waals surface area contributed by atoms with Crippen molar-refractivity contribution in [1.29, 1.82) is 0 Å². The van der Waals surface area contributed by atoms with Crippen LogP contribution in [0.3, 0.4) is 0 Å². The second kappa shape index (κ2) is 3.63. The highest BCUT2D eigenvalue weighted by Gasteiger charge is 2.15. The Morgan fingerprint density at radius 3 is 2.43 bits per heavy atom. The van der Waals surface area contributed by atoms with Crippen LogP contribution in [0.4, 0.5) is 0 Å². The first-order chi connectivity index (χ1) is 6.32. The number of carbonyl (C=O) groups is 1. The third kappa shape index (κ3) is 2.27. The van der Waals surface area contributed by atoms with Gasteiger partial charge in [-0.1, -0.05) is 11.5 Å². The van der Waals surface area contributed by atoms with Crippen LogP contribution in [0.25, 0.3) is 0 Å². The van der Waals surface area contributed by atoms with E-state index in [0.717, 1.165) is 6.07 Å². The standard InChI is InChI=1S/C7H6BClO4S/c8-5-2-1-4(7(10)11)3-6(5)14(9,12)13/h1-3H,8H2,(H,10,11). The summed E-state index contributed by atoms with van der Waals surface area (Å²) in [6, 6.07) is 3.77. The summed E-state index contributed by atoms with van der Waals surface area (Å²) in [7, 11) is 2.78. The molecule has 0 aromatic heterocycles. The summed E-state index contributed by atoms with van der Waals surface area (Å²) >= 11 is 0. The van der Waals surface area contributed by atoms with E-state index in [1.54, 1.807) is 7.85 Å². The number of aromatic carboxylic acids is 1. The van der Waals surface area contributed by atoms with Crippen molar-refractivity contribution in [2.75, 3.05) is 0 Å². The molecule has 0 amide bonds. The van der Waals surface area contributed by atoms with Crippen LogP contribution in [0.2, 0.25) is 0 Å². The molecule has 0 radical (unpaired) electrons. The highest BCUT2D eigenvalue weighted by atomic mass is 35.7. The van der Waals surface area contributed by atoms with E-state index < -0.39 is 15.0 Å². The molecule has 0 aliphatic rings. The molecule has 0 spiro atoms. The minimum Gasteiger partial charge on any atom is -0.478 e. The zero-order valence-electron chi connectivity index (χ0n) is 7.19. The van der Waals surface area contributed by atoms with Gasteiger partial charge in [0.05, 0.1) is 10.5 Å². The predicted octanol–water partition coefficient (Wildman–Crippen LogP) is -0.429. The van der Waals surface area contributed by atoms with Crippen molar-refractivity contribution in [3.05, 3.63) is 23.8 Å². The van der Waals surface area contributed by atoms with Gasteiger partial charge in [0.15, 0.2) is 0 Å². The number of halogens is 1. The number of hydrogen-bond donors (Lipinski definition) is 1. The van der Waals surface area contributed by atoms with E-state index in [4.69, 9.17) is 15.8 Å². The highest BCUT2D eigenvalue weighted by Crippen LogP contribution is 2.13. The Morgan fingerprint density at radius 2 is 2.00 bits per heavy atom. The molecule has 0 unspecified atom stereocenters. The number of hydrogen-bond acceptors (Lipinski definition) is 3. The van der Waals surface area contributed by atoms with Crippen LogP contribution in [0.15, 0.2) is 23.1 Å². The van der Waals surface area contributed by atoms with Crippen LogP contribution in [0, 0.1) is 0 Å². The number of benzene rings is 1. The summed E-state index contributed by atoms with van der Waals surface area (Å²) < 4.78 is 22.0. The molecule has 0 saturated carbocycles. The van der Waals surface area contributed by atoms with Crippen molar-refractivity contribution in [3.63, 3.8) is 0 Å². The Labute approximate surface area is 86.3 Å². The Hall–Kier alpha value is -1.01. The lowest BCUT2D eigenvalue weighted by Gasteiger charge is -2.02. The van der Waals surface area contributed by atoms with E-state index in [1.807, 2.05) is 0 Å². The van der Waals surface area contributed by atoms with Crippen molar-refractivity contribution >= 4 is 39.0 Å². The van der Waals surface area contributed by atoms with Gasteiger partial charge >= 0.3 is 5.97 Å². The molecule has 0 fully saturated rings. The first kappa shape index (κ1) is 11.1. The molecular weight excluding hydrogens is 226 g/mol.